The van der Waals surface area contributed by atoms with Crippen LogP contribution in [0, 0.1) is 21.4 Å². The van der Waals surface area contributed by atoms with Crippen LogP contribution in [0.5, 0.6) is 0 Å². The highest BCUT2D eigenvalue weighted by Crippen LogP contribution is 2.34. The predicted octanol–water partition coefficient (Wildman–Crippen LogP) is 2.75. The van der Waals surface area contributed by atoms with Crippen molar-refractivity contribution in [2.45, 2.75) is 0 Å². The lowest BCUT2D eigenvalue weighted by atomic mass is 10.1. The molecule has 2 aromatic carbocycles. The fraction of sp³-hybridized carbons (Fsp3) is 0. The second-order valence-electron chi connectivity index (χ2n) is 4.13. The highest BCUT2D eigenvalue weighted by Gasteiger charge is 2.23. The van der Waals surface area contributed by atoms with Crippen molar-refractivity contribution in [3.05, 3.63) is 52.1 Å². The molecule has 1 N–H and O–H groups in total. The van der Waals surface area contributed by atoms with Crippen LogP contribution in [0.1, 0.15) is 5.56 Å². The molecule has 8 heteroatoms. The lowest BCUT2D eigenvalue weighted by Gasteiger charge is -2.08. The van der Waals surface area contributed by atoms with Gasteiger partial charge in [-0.15, -0.1) is 0 Å². The van der Waals surface area contributed by atoms with Gasteiger partial charge < -0.3 is 5.32 Å². The summed E-state index contributed by atoms with van der Waals surface area (Å²) in [5.41, 5.74) is 1.16. The lowest BCUT2D eigenvalue weighted by molar-refractivity contribution is -0.382. The number of nitrogens with one attached hydrogen (secondary N) is 1. The van der Waals surface area contributed by atoms with E-state index in [0.29, 0.717) is 16.8 Å². The molecule has 1 aromatic heterocycles. The molecule has 0 saturated carbocycles. The molecule has 0 unspecified atom stereocenters. The Kier molecular flexibility index (Phi) is 2.93. The number of hydrogen-bond donors (Lipinski definition) is 1. The third kappa shape index (κ3) is 2.12. The zero-order chi connectivity index (χ0) is 14.8. The number of rotatable bonds is 3. The summed E-state index contributed by atoms with van der Waals surface area (Å²) in [6.07, 6.45) is 0. The number of fused-ring (bicyclic) bond motifs is 1. The predicted molar refractivity (Wildman–Crippen MR) is 72.9 cm³/mol. The number of aromatic nitrogens is 2. The van der Waals surface area contributed by atoms with Gasteiger partial charge >= 0.3 is 5.69 Å². The monoisotopic (exact) mass is 281 g/mol. The fourth-order valence-electron chi connectivity index (χ4n) is 1.96. The molecule has 8 nitrogen and oxygen atoms in total. The van der Waals surface area contributed by atoms with E-state index >= 15 is 0 Å². The first kappa shape index (κ1) is 12.6. The minimum atomic E-state index is -0.566. The summed E-state index contributed by atoms with van der Waals surface area (Å²) < 4.78 is 4.52. The number of hydrogen-bond acceptors (Lipinski definition) is 7. The Morgan fingerprint density at radius 1 is 1.19 bits per heavy atom. The normalized spacial score (nSPS) is 10.2. The summed E-state index contributed by atoms with van der Waals surface area (Å²) >= 11 is 0. The number of anilines is 2. The maximum Gasteiger partial charge on any atom is 0.323 e. The van der Waals surface area contributed by atoms with Gasteiger partial charge in [-0.05, 0) is 34.6 Å². The third-order valence-electron chi connectivity index (χ3n) is 2.90. The summed E-state index contributed by atoms with van der Waals surface area (Å²) in [5.74, 6) is 0. The molecule has 3 rings (SSSR count). The van der Waals surface area contributed by atoms with Crippen LogP contribution >= 0.6 is 0 Å². The van der Waals surface area contributed by atoms with Crippen LogP contribution in [0.3, 0.4) is 0 Å². The molecule has 0 spiro atoms. The molecule has 102 valence electrons. The van der Waals surface area contributed by atoms with Crippen molar-refractivity contribution in [1.82, 2.24) is 10.3 Å². The van der Waals surface area contributed by atoms with E-state index in [-0.39, 0.29) is 16.9 Å². The van der Waals surface area contributed by atoms with E-state index < -0.39 is 4.92 Å². The smallest absolute Gasteiger partial charge is 0.323 e. The van der Waals surface area contributed by atoms with Crippen molar-refractivity contribution in [2.75, 3.05) is 5.32 Å². The van der Waals surface area contributed by atoms with Crippen LogP contribution in [0.25, 0.3) is 11.0 Å². The van der Waals surface area contributed by atoms with Crippen LogP contribution in [0.2, 0.25) is 0 Å². The quantitative estimate of drug-likeness (QED) is 0.579. The Bertz CT molecular complexity index is 881. The standard InChI is InChI=1S/C13H7N5O3/c14-7-8-3-1-2-4-9(8)15-11-6-5-10-12(17-21-16-10)13(11)18(19)20/h1-6,15H. The van der Waals surface area contributed by atoms with Gasteiger partial charge in [0.15, 0.2) is 0 Å². The molecule has 0 amide bonds. The Labute approximate surface area is 117 Å². The van der Waals surface area contributed by atoms with Gasteiger partial charge in [0, 0.05) is 0 Å². The van der Waals surface area contributed by atoms with Crippen LogP contribution < -0.4 is 5.32 Å². The van der Waals surface area contributed by atoms with Gasteiger partial charge in [-0.2, -0.15) is 5.26 Å². The van der Waals surface area contributed by atoms with Crippen LogP contribution in [-0.2, 0) is 0 Å². The number of para-hydroxylation sites is 1. The first-order valence-electron chi connectivity index (χ1n) is 5.86. The molecule has 21 heavy (non-hydrogen) atoms. The Hall–Kier alpha value is -3.47. The van der Waals surface area contributed by atoms with Gasteiger partial charge in [-0.3, -0.25) is 10.1 Å². The zero-order valence-corrected chi connectivity index (χ0v) is 10.5. The van der Waals surface area contributed by atoms with Crippen molar-refractivity contribution < 1.29 is 9.55 Å². The van der Waals surface area contributed by atoms with Gasteiger partial charge in [0.25, 0.3) is 0 Å². The number of benzene rings is 2. The molecule has 0 saturated heterocycles. The molecule has 0 aliphatic heterocycles. The van der Waals surface area contributed by atoms with Crippen molar-refractivity contribution >= 4 is 28.1 Å². The molecule has 0 fully saturated rings. The highest BCUT2D eigenvalue weighted by atomic mass is 16.6. The largest absolute Gasteiger partial charge is 0.349 e. The third-order valence-corrected chi connectivity index (χ3v) is 2.90. The highest BCUT2D eigenvalue weighted by molar-refractivity contribution is 5.92. The molecule has 0 bridgehead atoms. The number of nitro groups is 1. The minimum Gasteiger partial charge on any atom is -0.349 e. The van der Waals surface area contributed by atoms with E-state index in [2.05, 4.69) is 20.3 Å². The van der Waals surface area contributed by atoms with E-state index in [1.807, 2.05) is 6.07 Å². The van der Waals surface area contributed by atoms with Crippen molar-refractivity contribution in [3.8, 4) is 6.07 Å². The van der Waals surface area contributed by atoms with Gasteiger partial charge in [0.05, 0.1) is 16.2 Å². The summed E-state index contributed by atoms with van der Waals surface area (Å²) in [7, 11) is 0. The first-order valence-corrected chi connectivity index (χ1v) is 5.86. The van der Waals surface area contributed by atoms with Gasteiger partial charge in [0.1, 0.15) is 17.3 Å². The summed E-state index contributed by atoms with van der Waals surface area (Å²) in [6, 6.07) is 11.8. The molecule has 0 radical (unpaired) electrons. The Morgan fingerprint density at radius 3 is 2.76 bits per heavy atom. The first-order chi connectivity index (χ1) is 10.2. The molecular weight excluding hydrogens is 274 g/mol. The zero-order valence-electron chi connectivity index (χ0n) is 10.5. The van der Waals surface area contributed by atoms with Crippen LogP contribution in [-0.4, -0.2) is 15.2 Å². The van der Waals surface area contributed by atoms with E-state index in [0.717, 1.165) is 0 Å². The molecule has 1 heterocycles. The number of nitro benzene ring substituents is 1. The molecule has 0 aliphatic carbocycles. The van der Waals surface area contributed by atoms with Crippen LogP contribution in [0.4, 0.5) is 17.1 Å². The van der Waals surface area contributed by atoms with Crippen LogP contribution in [0.15, 0.2) is 41.0 Å². The van der Waals surface area contributed by atoms with E-state index in [1.54, 1.807) is 30.3 Å². The molecule has 3 aromatic rings. The molecule has 0 aliphatic rings. The lowest BCUT2D eigenvalue weighted by Crippen LogP contribution is -1.99. The Morgan fingerprint density at radius 2 is 2.00 bits per heavy atom. The maximum atomic E-state index is 11.3. The van der Waals surface area contributed by atoms with E-state index in [4.69, 9.17) is 5.26 Å². The maximum absolute atomic E-state index is 11.3. The topological polar surface area (TPSA) is 118 Å². The van der Waals surface area contributed by atoms with Crippen molar-refractivity contribution in [2.24, 2.45) is 0 Å². The fourth-order valence-corrected chi connectivity index (χ4v) is 1.96. The Balaban J connectivity index is 2.15. The number of nitrogens with zero attached hydrogens (tertiary/aromatic N) is 4. The van der Waals surface area contributed by atoms with Gasteiger partial charge in [0.2, 0.25) is 5.52 Å². The van der Waals surface area contributed by atoms with Gasteiger partial charge in [-0.25, -0.2) is 4.63 Å². The average molecular weight is 281 g/mol. The summed E-state index contributed by atoms with van der Waals surface area (Å²) in [6.45, 7) is 0. The second-order valence-corrected chi connectivity index (χ2v) is 4.13. The summed E-state index contributed by atoms with van der Waals surface area (Å²) in [5, 5.41) is 30.3. The minimum absolute atomic E-state index is 0.0550. The van der Waals surface area contributed by atoms with Gasteiger partial charge in [-0.1, -0.05) is 12.1 Å². The number of nitriles is 1. The SMILES string of the molecule is N#Cc1ccccc1Nc1ccc2nonc2c1[N+](=O)[O-]. The summed E-state index contributed by atoms with van der Waals surface area (Å²) in [4.78, 5) is 10.7. The average Bonchev–Trinajstić information content (AvgIpc) is 2.95. The second kappa shape index (κ2) is 4.90. The van der Waals surface area contributed by atoms with E-state index in [9.17, 15) is 10.1 Å². The molecule has 0 atom stereocenters. The van der Waals surface area contributed by atoms with Crippen molar-refractivity contribution in [3.63, 3.8) is 0 Å². The molecular formula is C13H7N5O3. The van der Waals surface area contributed by atoms with E-state index in [1.165, 1.54) is 6.07 Å². The van der Waals surface area contributed by atoms with Crippen molar-refractivity contribution in [1.29, 1.82) is 5.26 Å².